The Labute approximate surface area is 134 Å². The molecule has 2 N–H and O–H groups in total. The Bertz CT molecular complexity index is 810. The normalized spacial score (nSPS) is 11.1. The van der Waals surface area contributed by atoms with E-state index < -0.39 is 0 Å². The summed E-state index contributed by atoms with van der Waals surface area (Å²) in [5.41, 5.74) is 9.04. The molecule has 2 heterocycles. The first-order chi connectivity index (χ1) is 11.1. The fourth-order valence-corrected chi connectivity index (χ4v) is 2.45. The van der Waals surface area contributed by atoms with Crippen LogP contribution in [0, 0.1) is 6.92 Å². The van der Waals surface area contributed by atoms with Crippen LogP contribution in [0.5, 0.6) is 0 Å². The highest BCUT2D eigenvalue weighted by Gasteiger charge is 2.20. The molecule has 23 heavy (non-hydrogen) atoms. The third-order valence-electron chi connectivity index (χ3n) is 3.34. The lowest BCUT2D eigenvalue weighted by Gasteiger charge is -2.15. The molecule has 0 aliphatic rings. The second-order valence-corrected chi connectivity index (χ2v) is 5.48. The lowest BCUT2D eigenvalue weighted by atomic mass is 10.1. The number of tetrazole rings is 1. The van der Waals surface area contributed by atoms with Gasteiger partial charge in [0.25, 0.3) is 0 Å². The number of anilines is 1. The van der Waals surface area contributed by atoms with Crippen molar-refractivity contribution in [3.8, 4) is 17.1 Å². The van der Waals surface area contributed by atoms with Crippen molar-refractivity contribution >= 4 is 5.95 Å². The number of nitrogens with two attached hydrogens (primary N) is 1. The summed E-state index contributed by atoms with van der Waals surface area (Å²) >= 11 is 0. The highest BCUT2D eigenvalue weighted by atomic mass is 15.5. The van der Waals surface area contributed by atoms with Crippen molar-refractivity contribution in [3.05, 3.63) is 41.7 Å². The van der Waals surface area contributed by atoms with Gasteiger partial charge in [0.2, 0.25) is 5.95 Å². The van der Waals surface area contributed by atoms with Crippen LogP contribution in [0.3, 0.4) is 0 Å². The van der Waals surface area contributed by atoms with E-state index >= 15 is 0 Å². The molecule has 0 fully saturated rings. The average molecular weight is 310 g/mol. The first kappa shape index (κ1) is 15.0. The average Bonchev–Trinajstić information content (AvgIpc) is 2.96. The molecule has 0 amide bonds. The predicted octanol–water partition coefficient (Wildman–Crippen LogP) is 1.07. The number of hydrogen-bond donors (Lipinski definition) is 1. The molecule has 2 aromatic heterocycles. The molecular formula is C15H18N8. The maximum Gasteiger partial charge on any atom is 0.220 e. The summed E-state index contributed by atoms with van der Waals surface area (Å²) in [4.78, 5) is 10.7. The zero-order valence-electron chi connectivity index (χ0n) is 13.3. The Balaban J connectivity index is 2.19. The third-order valence-corrected chi connectivity index (χ3v) is 3.34. The lowest BCUT2D eigenvalue weighted by molar-refractivity contribution is 0.397. The molecule has 0 atom stereocenters. The molecule has 0 bridgehead atoms. The first-order valence-electron chi connectivity index (χ1n) is 7.18. The van der Waals surface area contributed by atoms with Crippen molar-refractivity contribution in [2.75, 3.05) is 19.8 Å². The molecular weight excluding hydrogens is 292 g/mol. The summed E-state index contributed by atoms with van der Waals surface area (Å²) in [5, 5.41) is 12.1. The molecule has 0 aliphatic carbocycles. The largest absolute Gasteiger partial charge is 0.368 e. The van der Waals surface area contributed by atoms with E-state index in [0.29, 0.717) is 12.4 Å². The van der Waals surface area contributed by atoms with Crippen molar-refractivity contribution in [2.24, 2.45) is 0 Å². The molecule has 118 valence electrons. The number of aromatic nitrogens is 6. The van der Waals surface area contributed by atoms with Gasteiger partial charge in [0.1, 0.15) is 0 Å². The second kappa shape index (κ2) is 6.09. The summed E-state index contributed by atoms with van der Waals surface area (Å²) in [7, 11) is 3.94. The predicted molar refractivity (Wildman–Crippen MR) is 86.7 cm³/mol. The van der Waals surface area contributed by atoms with Gasteiger partial charge in [-0.05, 0) is 43.6 Å². The Morgan fingerprint density at radius 1 is 1.13 bits per heavy atom. The zero-order chi connectivity index (χ0) is 16.4. The van der Waals surface area contributed by atoms with Crippen LogP contribution < -0.4 is 5.73 Å². The monoisotopic (exact) mass is 310 g/mol. The van der Waals surface area contributed by atoms with Gasteiger partial charge in [-0.2, -0.15) is 4.68 Å². The van der Waals surface area contributed by atoms with Gasteiger partial charge < -0.3 is 10.6 Å². The van der Waals surface area contributed by atoms with E-state index in [1.807, 2.05) is 56.3 Å². The minimum absolute atomic E-state index is 0.252. The van der Waals surface area contributed by atoms with Gasteiger partial charge in [0.15, 0.2) is 5.82 Å². The molecule has 0 radical (unpaired) electrons. The number of para-hydroxylation sites is 1. The van der Waals surface area contributed by atoms with E-state index in [0.717, 1.165) is 22.6 Å². The minimum atomic E-state index is 0.252. The first-order valence-corrected chi connectivity index (χ1v) is 7.18. The van der Waals surface area contributed by atoms with Crippen LogP contribution in [-0.4, -0.2) is 49.2 Å². The molecule has 1 aromatic carbocycles. The number of aryl methyl sites for hydroxylation is 1. The van der Waals surface area contributed by atoms with Crippen molar-refractivity contribution in [2.45, 2.75) is 13.5 Å². The topological polar surface area (TPSA) is 98.6 Å². The van der Waals surface area contributed by atoms with Crippen molar-refractivity contribution in [1.82, 2.24) is 35.1 Å². The van der Waals surface area contributed by atoms with E-state index in [2.05, 4.69) is 25.5 Å². The molecule has 0 saturated heterocycles. The van der Waals surface area contributed by atoms with Gasteiger partial charge in [-0.25, -0.2) is 9.97 Å². The van der Waals surface area contributed by atoms with Crippen LogP contribution in [0.1, 0.15) is 11.4 Å². The summed E-state index contributed by atoms with van der Waals surface area (Å²) in [6.45, 7) is 2.50. The van der Waals surface area contributed by atoms with Gasteiger partial charge in [-0.1, -0.05) is 18.2 Å². The highest BCUT2D eigenvalue weighted by molar-refractivity contribution is 5.63. The van der Waals surface area contributed by atoms with Crippen molar-refractivity contribution in [3.63, 3.8) is 0 Å². The summed E-state index contributed by atoms with van der Waals surface area (Å²) < 4.78 is 1.68. The van der Waals surface area contributed by atoms with Gasteiger partial charge in [-0.15, -0.1) is 5.10 Å². The van der Waals surface area contributed by atoms with E-state index in [1.165, 1.54) is 0 Å². The Morgan fingerprint density at radius 3 is 2.57 bits per heavy atom. The van der Waals surface area contributed by atoms with Crippen molar-refractivity contribution < 1.29 is 0 Å². The molecule has 0 unspecified atom stereocenters. The van der Waals surface area contributed by atoms with Crippen LogP contribution in [0.4, 0.5) is 5.95 Å². The Hall–Kier alpha value is -2.87. The highest BCUT2D eigenvalue weighted by Crippen LogP contribution is 2.26. The molecule has 0 aliphatic heterocycles. The Morgan fingerprint density at radius 2 is 1.87 bits per heavy atom. The SMILES string of the molecule is Cc1nc(N)nc(CN(C)C)c1-c1nnnn1-c1ccccc1. The molecule has 8 nitrogen and oxygen atoms in total. The smallest absolute Gasteiger partial charge is 0.220 e. The maximum atomic E-state index is 5.81. The summed E-state index contributed by atoms with van der Waals surface area (Å²) in [6.07, 6.45) is 0. The number of nitrogens with zero attached hydrogens (tertiary/aromatic N) is 7. The molecule has 3 rings (SSSR count). The van der Waals surface area contributed by atoms with E-state index in [-0.39, 0.29) is 5.95 Å². The fourth-order valence-electron chi connectivity index (χ4n) is 2.45. The quantitative estimate of drug-likeness (QED) is 0.769. The minimum Gasteiger partial charge on any atom is -0.368 e. The molecule has 8 heteroatoms. The van der Waals surface area contributed by atoms with E-state index in [4.69, 9.17) is 5.73 Å². The van der Waals surface area contributed by atoms with Crippen LogP contribution in [0.15, 0.2) is 30.3 Å². The third kappa shape index (κ3) is 3.02. The molecule has 0 saturated carbocycles. The van der Waals surface area contributed by atoms with E-state index in [1.54, 1.807) is 4.68 Å². The summed E-state index contributed by atoms with van der Waals surface area (Å²) in [5.74, 6) is 0.854. The zero-order valence-corrected chi connectivity index (χ0v) is 13.3. The van der Waals surface area contributed by atoms with Gasteiger partial charge in [0, 0.05) is 6.54 Å². The number of rotatable bonds is 4. The van der Waals surface area contributed by atoms with Crippen molar-refractivity contribution in [1.29, 1.82) is 0 Å². The molecule has 0 spiro atoms. The lowest BCUT2D eigenvalue weighted by Crippen LogP contribution is -2.16. The number of benzene rings is 1. The van der Waals surface area contributed by atoms with E-state index in [9.17, 15) is 0 Å². The maximum absolute atomic E-state index is 5.81. The fraction of sp³-hybridized carbons (Fsp3) is 0.267. The van der Waals surface area contributed by atoms with Gasteiger partial charge in [0.05, 0.1) is 22.6 Å². The summed E-state index contributed by atoms with van der Waals surface area (Å²) in [6, 6.07) is 9.71. The van der Waals surface area contributed by atoms with Crippen LogP contribution in [0.2, 0.25) is 0 Å². The standard InChI is InChI=1S/C15H18N8/c1-10-13(12(9-22(2)3)18-15(16)17-10)14-19-20-21-23(14)11-7-5-4-6-8-11/h4-8H,9H2,1-3H3,(H2,16,17,18). The van der Waals surface area contributed by atoms with Gasteiger partial charge in [-0.3, -0.25) is 0 Å². The van der Waals surface area contributed by atoms with Crippen LogP contribution in [0.25, 0.3) is 17.1 Å². The Kier molecular flexibility index (Phi) is 3.98. The van der Waals surface area contributed by atoms with Crippen LogP contribution >= 0.6 is 0 Å². The number of hydrogen-bond acceptors (Lipinski definition) is 7. The van der Waals surface area contributed by atoms with Gasteiger partial charge >= 0.3 is 0 Å². The van der Waals surface area contributed by atoms with Crippen LogP contribution in [-0.2, 0) is 6.54 Å². The number of nitrogen functional groups attached to an aromatic ring is 1. The molecule has 3 aromatic rings. The second-order valence-electron chi connectivity index (χ2n) is 5.48.